The third-order valence-electron chi connectivity index (χ3n) is 5.08. The molecule has 0 fully saturated rings. The number of hydrogen-bond donors (Lipinski definition) is 2. The highest BCUT2D eigenvalue weighted by atomic mass is 32.2. The van der Waals surface area contributed by atoms with E-state index < -0.39 is 0 Å². The van der Waals surface area contributed by atoms with E-state index in [-0.39, 0.29) is 17.1 Å². The summed E-state index contributed by atoms with van der Waals surface area (Å²) in [6.45, 7) is 3.84. The topological polar surface area (TPSA) is 71.1 Å². The molecule has 0 aliphatic carbocycles. The number of rotatable bonds is 8. The van der Waals surface area contributed by atoms with Gasteiger partial charge in [-0.25, -0.2) is 4.98 Å². The summed E-state index contributed by atoms with van der Waals surface area (Å²) in [6.07, 6.45) is 1.32. The second-order valence-corrected chi connectivity index (χ2v) is 9.94. The van der Waals surface area contributed by atoms with Crippen LogP contribution in [0.25, 0.3) is 22.0 Å². The van der Waals surface area contributed by atoms with Crippen LogP contribution in [-0.4, -0.2) is 22.0 Å². The first kappa shape index (κ1) is 23.0. The van der Waals surface area contributed by atoms with E-state index in [1.807, 2.05) is 55.6 Å². The van der Waals surface area contributed by atoms with Crippen LogP contribution in [0.3, 0.4) is 0 Å². The van der Waals surface area contributed by atoms with Crippen LogP contribution in [0, 0.1) is 0 Å². The van der Waals surface area contributed by atoms with Gasteiger partial charge in [-0.2, -0.15) is 0 Å². The lowest BCUT2D eigenvalue weighted by Gasteiger charge is -2.11. The Balaban J connectivity index is 1.35. The molecule has 1 aromatic heterocycles. The highest BCUT2D eigenvalue weighted by Crippen LogP contribution is 2.29. The summed E-state index contributed by atoms with van der Waals surface area (Å²) in [5.41, 5.74) is 2.64. The Hall–Kier alpha value is -3.16. The normalized spacial score (nSPS) is 11.8. The van der Waals surface area contributed by atoms with Gasteiger partial charge in [0.25, 0.3) is 0 Å². The molecule has 168 valence electrons. The molecule has 0 radical (unpaired) electrons. The smallest absolute Gasteiger partial charge is 0.239 e. The summed E-state index contributed by atoms with van der Waals surface area (Å²) >= 11 is 2.89. The zero-order valence-electron chi connectivity index (χ0n) is 18.5. The van der Waals surface area contributed by atoms with Gasteiger partial charge in [-0.1, -0.05) is 43.3 Å². The van der Waals surface area contributed by atoms with Crippen LogP contribution >= 0.6 is 23.1 Å². The number of anilines is 2. The van der Waals surface area contributed by atoms with Crippen LogP contribution in [0.2, 0.25) is 0 Å². The molecule has 1 atom stereocenters. The molecule has 5 nitrogen and oxygen atoms in total. The zero-order chi connectivity index (χ0) is 23.2. The highest BCUT2D eigenvalue weighted by Gasteiger charge is 2.16. The van der Waals surface area contributed by atoms with Gasteiger partial charge in [0.2, 0.25) is 11.8 Å². The lowest BCUT2D eigenvalue weighted by atomic mass is 10.1. The number of thioether (sulfide) groups is 1. The predicted molar refractivity (Wildman–Crippen MR) is 139 cm³/mol. The van der Waals surface area contributed by atoms with Crippen molar-refractivity contribution in [1.29, 1.82) is 0 Å². The second kappa shape index (κ2) is 10.6. The maximum Gasteiger partial charge on any atom is 0.239 e. The molecule has 0 spiro atoms. The van der Waals surface area contributed by atoms with Crippen LogP contribution in [0.1, 0.15) is 26.7 Å². The molecule has 0 saturated carbocycles. The largest absolute Gasteiger partial charge is 0.326 e. The molecule has 7 heteroatoms. The minimum atomic E-state index is -0.293. The lowest BCUT2D eigenvalue weighted by molar-refractivity contribution is -0.116. The molecule has 33 heavy (non-hydrogen) atoms. The van der Waals surface area contributed by atoms with Gasteiger partial charge in [-0.05, 0) is 54.4 Å². The molecule has 0 saturated heterocycles. The minimum absolute atomic E-state index is 0.0113. The standard InChI is InChI=1S/C26H25N3O2S2/c1-3-6-24(30)27-21-11-13-22(14-12-21)33-17(2)25(31)29-26-28-23(16-32-26)20-10-9-18-7-4-5-8-19(18)15-20/h4-5,7-17H,3,6H2,1-2H3,(H,27,30)(H,28,29,31). The average molecular weight is 476 g/mol. The fraction of sp³-hybridized carbons (Fsp3) is 0.192. The fourth-order valence-corrected chi connectivity index (χ4v) is 4.93. The van der Waals surface area contributed by atoms with Gasteiger partial charge in [0.15, 0.2) is 5.13 Å². The number of hydrogen-bond acceptors (Lipinski definition) is 5. The number of amides is 2. The molecule has 4 aromatic rings. The van der Waals surface area contributed by atoms with Crippen molar-refractivity contribution >= 4 is 56.5 Å². The predicted octanol–water partition coefficient (Wildman–Crippen LogP) is 6.82. The number of benzene rings is 3. The number of nitrogens with zero attached hydrogens (tertiary/aromatic N) is 1. The van der Waals surface area contributed by atoms with E-state index in [1.54, 1.807) is 0 Å². The summed E-state index contributed by atoms with van der Waals surface area (Å²) in [4.78, 5) is 30.0. The van der Waals surface area contributed by atoms with E-state index in [2.05, 4.69) is 45.9 Å². The molecular formula is C26H25N3O2S2. The quantitative estimate of drug-likeness (QED) is 0.274. The number of nitrogens with one attached hydrogen (secondary N) is 2. The van der Waals surface area contributed by atoms with Crippen LogP contribution in [0.4, 0.5) is 10.8 Å². The average Bonchev–Trinajstić information content (AvgIpc) is 3.28. The van der Waals surface area contributed by atoms with E-state index in [9.17, 15) is 9.59 Å². The Kier molecular flexibility index (Phi) is 7.42. The van der Waals surface area contributed by atoms with E-state index in [0.29, 0.717) is 11.6 Å². The van der Waals surface area contributed by atoms with Gasteiger partial charge in [0, 0.05) is 27.9 Å². The van der Waals surface area contributed by atoms with Crippen LogP contribution in [0.5, 0.6) is 0 Å². The van der Waals surface area contributed by atoms with E-state index in [0.717, 1.165) is 33.6 Å². The van der Waals surface area contributed by atoms with Crippen molar-refractivity contribution in [3.05, 3.63) is 72.1 Å². The first-order valence-electron chi connectivity index (χ1n) is 10.8. The first-order valence-corrected chi connectivity index (χ1v) is 12.6. The van der Waals surface area contributed by atoms with Gasteiger partial charge in [0.1, 0.15) is 0 Å². The summed E-state index contributed by atoms with van der Waals surface area (Å²) in [7, 11) is 0. The van der Waals surface area contributed by atoms with Crippen molar-refractivity contribution < 1.29 is 9.59 Å². The summed E-state index contributed by atoms with van der Waals surface area (Å²) in [5, 5.41) is 10.4. The molecule has 3 aromatic carbocycles. The first-order chi connectivity index (χ1) is 16.0. The number of thiazole rings is 1. The Morgan fingerprint density at radius 2 is 1.76 bits per heavy atom. The minimum Gasteiger partial charge on any atom is -0.326 e. The van der Waals surface area contributed by atoms with Gasteiger partial charge >= 0.3 is 0 Å². The maximum absolute atomic E-state index is 12.7. The molecule has 1 heterocycles. The second-order valence-electron chi connectivity index (χ2n) is 7.67. The fourth-order valence-electron chi connectivity index (χ4n) is 3.34. The lowest BCUT2D eigenvalue weighted by Crippen LogP contribution is -2.22. The van der Waals surface area contributed by atoms with Crippen molar-refractivity contribution in [2.75, 3.05) is 10.6 Å². The Bertz CT molecular complexity index is 1270. The number of aromatic nitrogens is 1. The molecule has 4 rings (SSSR count). The Morgan fingerprint density at radius 3 is 2.52 bits per heavy atom. The van der Waals surface area contributed by atoms with Gasteiger partial charge in [-0.15, -0.1) is 23.1 Å². The van der Waals surface area contributed by atoms with Crippen molar-refractivity contribution in [3.63, 3.8) is 0 Å². The van der Waals surface area contributed by atoms with Crippen LogP contribution in [0.15, 0.2) is 77.0 Å². The van der Waals surface area contributed by atoms with Gasteiger partial charge < -0.3 is 10.6 Å². The summed E-state index contributed by atoms with van der Waals surface area (Å²) in [5.74, 6) is -0.0862. The van der Waals surface area contributed by atoms with Crippen molar-refractivity contribution in [1.82, 2.24) is 4.98 Å². The summed E-state index contributed by atoms with van der Waals surface area (Å²) < 4.78 is 0. The zero-order valence-corrected chi connectivity index (χ0v) is 20.1. The highest BCUT2D eigenvalue weighted by molar-refractivity contribution is 8.00. The number of fused-ring (bicyclic) bond motifs is 1. The maximum atomic E-state index is 12.7. The summed E-state index contributed by atoms with van der Waals surface area (Å²) in [6, 6.07) is 22.0. The van der Waals surface area contributed by atoms with E-state index in [4.69, 9.17) is 0 Å². The SMILES string of the molecule is CCCC(=O)Nc1ccc(SC(C)C(=O)Nc2nc(-c3ccc4ccccc4c3)cs2)cc1. The molecule has 2 N–H and O–H groups in total. The van der Waals surface area contributed by atoms with Crippen LogP contribution < -0.4 is 10.6 Å². The van der Waals surface area contributed by atoms with E-state index >= 15 is 0 Å². The van der Waals surface area contributed by atoms with Gasteiger partial charge in [-0.3, -0.25) is 9.59 Å². The molecule has 0 bridgehead atoms. The molecule has 0 aliphatic rings. The molecular weight excluding hydrogens is 450 g/mol. The number of carbonyl (C=O) groups excluding carboxylic acids is 2. The van der Waals surface area contributed by atoms with Crippen molar-refractivity contribution in [3.8, 4) is 11.3 Å². The number of carbonyl (C=O) groups is 2. The van der Waals surface area contributed by atoms with E-state index in [1.165, 1.54) is 28.5 Å². The van der Waals surface area contributed by atoms with Crippen LogP contribution in [-0.2, 0) is 9.59 Å². The third kappa shape index (κ3) is 6.00. The Morgan fingerprint density at radius 1 is 1.00 bits per heavy atom. The molecule has 2 amide bonds. The monoisotopic (exact) mass is 475 g/mol. The third-order valence-corrected chi connectivity index (χ3v) is 6.95. The van der Waals surface area contributed by atoms with Gasteiger partial charge in [0.05, 0.1) is 10.9 Å². The molecule has 0 aliphatic heterocycles. The molecule has 1 unspecified atom stereocenters. The Labute approximate surface area is 201 Å². The van der Waals surface area contributed by atoms with Crippen molar-refractivity contribution in [2.45, 2.75) is 36.8 Å². The van der Waals surface area contributed by atoms with Crippen molar-refractivity contribution in [2.24, 2.45) is 0 Å².